The van der Waals surface area contributed by atoms with E-state index in [1.54, 1.807) is 54.6 Å². The molecular weight excluding hydrogens is 458 g/mol. The first-order valence-corrected chi connectivity index (χ1v) is 11.5. The van der Waals surface area contributed by atoms with Crippen LogP contribution in [0, 0.1) is 0 Å². The van der Waals surface area contributed by atoms with Crippen molar-refractivity contribution in [3.63, 3.8) is 0 Å². The normalized spacial score (nSPS) is 10.9. The second kappa shape index (κ2) is 11.4. The number of nitrogens with one attached hydrogen (secondary N) is 3. The maximum absolute atomic E-state index is 12.2. The Morgan fingerprint density at radius 2 is 1.38 bits per heavy atom. The lowest BCUT2D eigenvalue weighted by Crippen LogP contribution is -2.43. The molecule has 34 heavy (non-hydrogen) atoms. The fourth-order valence-corrected chi connectivity index (χ4v) is 3.51. The first-order chi connectivity index (χ1) is 16.3. The average Bonchev–Trinajstić information content (AvgIpc) is 2.86. The molecule has 0 radical (unpaired) electrons. The van der Waals surface area contributed by atoms with E-state index in [9.17, 15) is 22.8 Å². The number of ether oxygens (including phenoxy) is 1. The number of amides is 2. The first-order valence-electron chi connectivity index (χ1n) is 10.00. The number of rotatable bonds is 8. The molecule has 0 saturated heterocycles. The predicted octanol–water partition coefficient (Wildman–Crippen LogP) is 2.72. The van der Waals surface area contributed by atoms with Gasteiger partial charge in [0.1, 0.15) is 0 Å². The average molecular weight is 480 g/mol. The quantitative estimate of drug-likeness (QED) is 0.336. The lowest BCUT2D eigenvalue weighted by molar-refractivity contribution is -0.125. The van der Waals surface area contributed by atoms with Crippen LogP contribution in [0.4, 0.5) is 5.69 Å². The smallest absolute Gasteiger partial charge is 0.338 e. The van der Waals surface area contributed by atoms with Crippen molar-refractivity contribution in [1.29, 1.82) is 0 Å². The van der Waals surface area contributed by atoms with Crippen molar-refractivity contribution in [2.24, 2.45) is 0 Å². The zero-order chi connectivity index (χ0) is 24.4. The summed E-state index contributed by atoms with van der Waals surface area (Å²) in [6.45, 7) is -0.618. The van der Waals surface area contributed by atoms with Gasteiger partial charge in [0.25, 0.3) is 21.8 Å². The maximum Gasteiger partial charge on any atom is 0.338 e. The highest BCUT2D eigenvalue weighted by Gasteiger charge is 2.12. The van der Waals surface area contributed by atoms with Gasteiger partial charge in [-0.15, -0.1) is 0 Å². The fraction of sp³-hybridized carbons (Fsp3) is 0.0417. The van der Waals surface area contributed by atoms with Gasteiger partial charge in [0, 0.05) is 11.3 Å². The van der Waals surface area contributed by atoms with Crippen molar-refractivity contribution in [2.45, 2.75) is 0 Å². The number of carbonyl (C=O) groups excluding carboxylic acids is 3. The van der Waals surface area contributed by atoms with Crippen LogP contribution in [0.5, 0.6) is 0 Å². The molecule has 0 fully saturated rings. The van der Waals surface area contributed by atoms with Crippen LogP contribution in [-0.2, 0) is 19.6 Å². The van der Waals surface area contributed by atoms with Gasteiger partial charge in [-0.05, 0) is 48.0 Å². The highest BCUT2D eigenvalue weighted by atomic mass is 32.2. The Bertz CT molecular complexity index is 1280. The van der Waals surface area contributed by atoms with Crippen LogP contribution in [0.25, 0.3) is 6.08 Å². The van der Waals surface area contributed by atoms with Gasteiger partial charge in [-0.1, -0.05) is 48.5 Å². The number of sulfonamides is 1. The molecule has 9 nitrogen and oxygen atoms in total. The van der Waals surface area contributed by atoms with Crippen molar-refractivity contribution in [3.05, 3.63) is 107 Å². The molecule has 0 aliphatic carbocycles. The van der Waals surface area contributed by atoms with Gasteiger partial charge in [0.05, 0.1) is 11.0 Å². The van der Waals surface area contributed by atoms with E-state index >= 15 is 0 Å². The molecule has 0 spiro atoms. The number of carbonyl (C=O) groups is 3. The lowest BCUT2D eigenvalue weighted by Gasteiger charge is -2.09. The van der Waals surface area contributed by atoms with Crippen molar-refractivity contribution < 1.29 is 27.5 Å². The minimum absolute atomic E-state index is 0.115. The SMILES string of the molecule is O=C(COC(=O)c1ccc(NS(=O)(=O)C=Cc2ccccc2)cc1)NNC(=O)c1ccccc1. The van der Waals surface area contributed by atoms with E-state index in [2.05, 4.69) is 15.6 Å². The Hall–Kier alpha value is -4.44. The predicted molar refractivity (Wildman–Crippen MR) is 127 cm³/mol. The number of hydrogen-bond acceptors (Lipinski definition) is 6. The molecule has 2 amide bonds. The number of hydrogen-bond donors (Lipinski definition) is 3. The minimum Gasteiger partial charge on any atom is -0.452 e. The molecular formula is C24H21N3O6S. The molecule has 3 aromatic rings. The Balaban J connectivity index is 1.46. The molecule has 3 aromatic carbocycles. The summed E-state index contributed by atoms with van der Waals surface area (Å²) in [6.07, 6.45) is 1.46. The third kappa shape index (κ3) is 7.61. The van der Waals surface area contributed by atoms with E-state index in [4.69, 9.17) is 4.74 Å². The number of esters is 1. The van der Waals surface area contributed by atoms with E-state index in [1.807, 2.05) is 6.07 Å². The van der Waals surface area contributed by atoms with E-state index in [0.29, 0.717) is 5.56 Å². The Morgan fingerprint density at radius 1 is 0.765 bits per heavy atom. The van der Waals surface area contributed by atoms with Gasteiger partial charge < -0.3 is 4.74 Å². The first kappa shape index (κ1) is 24.2. The van der Waals surface area contributed by atoms with Gasteiger partial charge >= 0.3 is 5.97 Å². The van der Waals surface area contributed by atoms with Gasteiger partial charge in [-0.2, -0.15) is 0 Å². The monoisotopic (exact) mass is 479 g/mol. The van der Waals surface area contributed by atoms with E-state index < -0.39 is 34.4 Å². The zero-order valence-electron chi connectivity index (χ0n) is 17.8. The van der Waals surface area contributed by atoms with Crippen molar-refractivity contribution >= 4 is 39.6 Å². The molecule has 3 N–H and O–H groups in total. The second-order valence-electron chi connectivity index (χ2n) is 6.88. The summed E-state index contributed by atoms with van der Waals surface area (Å²) >= 11 is 0. The molecule has 0 unspecified atom stereocenters. The molecule has 0 aliphatic heterocycles. The summed E-state index contributed by atoms with van der Waals surface area (Å²) in [5.74, 6) is -2.04. The second-order valence-corrected chi connectivity index (χ2v) is 8.45. The summed E-state index contributed by atoms with van der Waals surface area (Å²) in [5, 5.41) is 1.04. The molecule has 0 aromatic heterocycles. The standard InChI is InChI=1S/C24H21N3O6S/c28-22(25-26-23(29)19-9-5-2-6-10-19)17-33-24(30)20-11-13-21(14-12-20)27-34(31,32)16-15-18-7-3-1-4-8-18/h1-16,27H,17H2,(H,25,28)(H,26,29). The molecule has 174 valence electrons. The van der Waals surface area contributed by atoms with Crippen LogP contribution < -0.4 is 15.6 Å². The molecule has 0 aliphatic rings. The third-order valence-electron chi connectivity index (χ3n) is 4.31. The van der Waals surface area contributed by atoms with Crippen LogP contribution in [0.2, 0.25) is 0 Å². The third-order valence-corrected chi connectivity index (χ3v) is 5.32. The van der Waals surface area contributed by atoms with Crippen molar-refractivity contribution in [2.75, 3.05) is 11.3 Å². The molecule has 10 heteroatoms. The summed E-state index contributed by atoms with van der Waals surface area (Å²) in [5.41, 5.74) is 5.80. The molecule has 0 atom stereocenters. The van der Waals surface area contributed by atoms with Crippen LogP contribution in [-0.4, -0.2) is 32.8 Å². The maximum atomic E-state index is 12.2. The van der Waals surface area contributed by atoms with Crippen LogP contribution >= 0.6 is 0 Å². The van der Waals surface area contributed by atoms with Gasteiger partial charge in [-0.25, -0.2) is 13.2 Å². The molecule has 3 rings (SSSR count). The summed E-state index contributed by atoms with van der Waals surface area (Å²) < 4.78 is 31.7. The highest BCUT2D eigenvalue weighted by molar-refractivity contribution is 7.95. The van der Waals surface area contributed by atoms with Crippen molar-refractivity contribution in [3.8, 4) is 0 Å². The number of hydrazine groups is 1. The Morgan fingerprint density at radius 3 is 2.03 bits per heavy atom. The Labute approximate surface area is 196 Å². The van der Waals surface area contributed by atoms with Gasteiger partial charge in [0.2, 0.25) is 0 Å². The van der Waals surface area contributed by atoms with Crippen molar-refractivity contribution in [1.82, 2.24) is 10.9 Å². The van der Waals surface area contributed by atoms with Crippen LogP contribution in [0.15, 0.2) is 90.3 Å². The van der Waals surface area contributed by atoms with Crippen LogP contribution in [0.3, 0.4) is 0 Å². The summed E-state index contributed by atoms with van der Waals surface area (Å²) in [7, 11) is -3.76. The largest absolute Gasteiger partial charge is 0.452 e. The zero-order valence-corrected chi connectivity index (χ0v) is 18.6. The number of anilines is 1. The molecule has 0 heterocycles. The summed E-state index contributed by atoms with van der Waals surface area (Å²) in [4.78, 5) is 35.8. The molecule has 0 bridgehead atoms. The highest BCUT2D eigenvalue weighted by Crippen LogP contribution is 2.13. The molecule has 0 saturated carbocycles. The lowest BCUT2D eigenvalue weighted by atomic mass is 10.2. The summed E-state index contributed by atoms with van der Waals surface area (Å²) in [6, 6.07) is 22.7. The topological polar surface area (TPSA) is 131 Å². The van der Waals surface area contributed by atoms with Crippen LogP contribution in [0.1, 0.15) is 26.3 Å². The fourth-order valence-electron chi connectivity index (χ4n) is 2.64. The Kier molecular flexibility index (Phi) is 8.14. The number of benzene rings is 3. The van der Waals surface area contributed by atoms with Gasteiger partial charge in [-0.3, -0.25) is 25.2 Å². The van der Waals surface area contributed by atoms with E-state index in [1.165, 1.54) is 30.3 Å². The van der Waals surface area contributed by atoms with Gasteiger partial charge in [0.15, 0.2) is 6.61 Å². The van der Waals surface area contributed by atoms with E-state index in [-0.39, 0.29) is 11.3 Å². The minimum atomic E-state index is -3.76. The van der Waals surface area contributed by atoms with E-state index in [0.717, 1.165) is 11.0 Å².